The molecule has 0 unspecified atom stereocenters. The third-order valence-electron chi connectivity index (χ3n) is 5.49. The Morgan fingerprint density at radius 1 is 1.03 bits per heavy atom. The molecule has 1 amide bonds. The van der Waals surface area contributed by atoms with E-state index in [2.05, 4.69) is 4.98 Å². The van der Waals surface area contributed by atoms with E-state index in [9.17, 15) is 14.0 Å². The first-order valence-electron chi connectivity index (χ1n) is 9.72. The summed E-state index contributed by atoms with van der Waals surface area (Å²) in [4.78, 5) is 33.0. The van der Waals surface area contributed by atoms with Crippen molar-refractivity contribution >= 4 is 55.2 Å². The number of aromatic nitrogens is 1. The van der Waals surface area contributed by atoms with Crippen LogP contribution in [0.4, 0.5) is 9.52 Å². The van der Waals surface area contributed by atoms with Crippen LogP contribution in [0, 0.1) is 5.82 Å². The molecule has 0 aliphatic carbocycles. The predicted molar refractivity (Wildman–Crippen MR) is 122 cm³/mol. The Morgan fingerprint density at radius 2 is 1.88 bits per heavy atom. The Balaban J connectivity index is 1.65. The van der Waals surface area contributed by atoms with Crippen LogP contribution in [0.1, 0.15) is 27.7 Å². The molecule has 32 heavy (non-hydrogen) atoms. The summed E-state index contributed by atoms with van der Waals surface area (Å²) in [5, 5.41) is 1.20. The minimum absolute atomic E-state index is 0.0240. The van der Waals surface area contributed by atoms with Gasteiger partial charge in [0.05, 0.1) is 27.2 Å². The summed E-state index contributed by atoms with van der Waals surface area (Å²) < 4.78 is 20.3. The van der Waals surface area contributed by atoms with Crippen LogP contribution in [0.3, 0.4) is 0 Å². The first-order chi connectivity index (χ1) is 15.5. The predicted octanol–water partition coefficient (Wildman–Crippen LogP) is 5.95. The van der Waals surface area contributed by atoms with Crippen LogP contribution in [-0.4, -0.2) is 10.9 Å². The van der Waals surface area contributed by atoms with Crippen molar-refractivity contribution in [1.29, 1.82) is 0 Å². The zero-order valence-corrected chi connectivity index (χ0v) is 17.8. The van der Waals surface area contributed by atoms with Gasteiger partial charge in [-0.25, -0.2) is 9.37 Å². The van der Waals surface area contributed by atoms with E-state index >= 15 is 0 Å². The van der Waals surface area contributed by atoms with Gasteiger partial charge in [-0.05, 0) is 48.0 Å². The van der Waals surface area contributed by atoms with E-state index in [1.165, 1.54) is 28.4 Å². The number of hydrogen-bond donors (Lipinski definition) is 0. The lowest BCUT2D eigenvalue weighted by Crippen LogP contribution is -2.29. The van der Waals surface area contributed by atoms with Crippen molar-refractivity contribution in [3.63, 3.8) is 0 Å². The maximum Gasteiger partial charge on any atom is 0.297 e. The van der Waals surface area contributed by atoms with Crippen molar-refractivity contribution in [3.8, 4) is 0 Å². The van der Waals surface area contributed by atoms with Gasteiger partial charge in [-0.1, -0.05) is 47.2 Å². The fraction of sp³-hybridized carbons (Fsp3) is 0.0417. The van der Waals surface area contributed by atoms with Crippen molar-refractivity contribution in [3.05, 3.63) is 105 Å². The van der Waals surface area contributed by atoms with Crippen molar-refractivity contribution in [1.82, 2.24) is 4.98 Å². The molecule has 0 fully saturated rings. The molecule has 0 N–H and O–H groups in total. The first kappa shape index (κ1) is 19.2. The molecule has 3 heterocycles. The topological polar surface area (TPSA) is 63.4 Å². The van der Waals surface area contributed by atoms with Crippen LogP contribution in [-0.2, 0) is 0 Å². The number of amides is 1. The van der Waals surface area contributed by atoms with E-state index in [1.54, 1.807) is 54.6 Å². The number of anilines is 1. The molecule has 0 saturated heterocycles. The number of nitrogens with zero attached hydrogens (tertiary/aromatic N) is 2. The lowest BCUT2D eigenvalue weighted by Gasteiger charge is -2.22. The van der Waals surface area contributed by atoms with Crippen LogP contribution in [0.15, 0.2) is 75.9 Å². The molecule has 156 valence electrons. The lowest BCUT2D eigenvalue weighted by atomic mass is 9.99. The van der Waals surface area contributed by atoms with Crippen molar-refractivity contribution in [2.45, 2.75) is 6.04 Å². The van der Waals surface area contributed by atoms with E-state index in [-0.39, 0.29) is 16.8 Å². The summed E-state index contributed by atoms with van der Waals surface area (Å²) in [6.45, 7) is 0. The normalized spacial score (nSPS) is 15.6. The summed E-state index contributed by atoms with van der Waals surface area (Å²) in [6.07, 6.45) is 0. The third kappa shape index (κ3) is 2.78. The van der Waals surface area contributed by atoms with Gasteiger partial charge in [-0.3, -0.25) is 14.5 Å². The molecule has 0 radical (unpaired) electrons. The highest BCUT2D eigenvalue weighted by Gasteiger charge is 2.45. The van der Waals surface area contributed by atoms with Crippen molar-refractivity contribution in [2.75, 3.05) is 4.90 Å². The van der Waals surface area contributed by atoms with Crippen LogP contribution in [0.25, 0.3) is 21.2 Å². The molecular weight excluding hydrogens is 451 g/mol. The molecule has 3 aromatic carbocycles. The smallest absolute Gasteiger partial charge is 0.297 e. The first-order valence-corrected chi connectivity index (χ1v) is 10.9. The van der Waals surface area contributed by atoms with Gasteiger partial charge in [-0.15, -0.1) is 0 Å². The van der Waals surface area contributed by atoms with Gasteiger partial charge < -0.3 is 4.42 Å². The van der Waals surface area contributed by atoms with Gasteiger partial charge in [0.2, 0.25) is 5.76 Å². The van der Waals surface area contributed by atoms with Crippen molar-refractivity contribution in [2.24, 2.45) is 0 Å². The average molecular weight is 463 g/mol. The number of carbonyl (C=O) groups excluding carboxylic acids is 1. The molecule has 2 aromatic heterocycles. The minimum atomic E-state index is -0.775. The van der Waals surface area contributed by atoms with E-state index in [1.807, 2.05) is 0 Å². The summed E-state index contributed by atoms with van der Waals surface area (Å²) in [5.74, 6) is -0.894. The third-order valence-corrected chi connectivity index (χ3v) is 6.74. The molecule has 8 heteroatoms. The summed E-state index contributed by atoms with van der Waals surface area (Å²) in [7, 11) is 0. The number of fused-ring (bicyclic) bond motifs is 3. The maximum absolute atomic E-state index is 13.7. The monoisotopic (exact) mass is 462 g/mol. The van der Waals surface area contributed by atoms with E-state index in [4.69, 9.17) is 16.0 Å². The van der Waals surface area contributed by atoms with E-state index in [0.717, 1.165) is 0 Å². The molecule has 1 atom stereocenters. The van der Waals surface area contributed by atoms with Crippen LogP contribution >= 0.6 is 22.9 Å². The highest BCUT2D eigenvalue weighted by atomic mass is 35.5. The van der Waals surface area contributed by atoms with E-state index in [0.29, 0.717) is 36.9 Å². The zero-order valence-electron chi connectivity index (χ0n) is 16.2. The Kier molecular flexibility index (Phi) is 4.18. The molecule has 0 saturated carbocycles. The average Bonchev–Trinajstić information content (AvgIpc) is 3.32. The second-order valence-corrected chi connectivity index (χ2v) is 8.86. The Hall–Kier alpha value is -3.55. The molecule has 0 bridgehead atoms. The van der Waals surface area contributed by atoms with Gasteiger partial charge in [-0.2, -0.15) is 0 Å². The van der Waals surface area contributed by atoms with Gasteiger partial charge in [0, 0.05) is 5.02 Å². The Bertz CT molecular complexity index is 1630. The lowest BCUT2D eigenvalue weighted by molar-refractivity contribution is 0.0971. The highest BCUT2D eigenvalue weighted by Crippen LogP contribution is 2.44. The Labute approximate surface area is 189 Å². The second-order valence-electron chi connectivity index (χ2n) is 7.41. The quantitative estimate of drug-likeness (QED) is 0.325. The number of rotatable bonds is 2. The van der Waals surface area contributed by atoms with Gasteiger partial charge in [0.25, 0.3) is 5.91 Å². The van der Waals surface area contributed by atoms with Crippen LogP contribution in [0.5, 0.6) is 0 Å². The largest absolute Gasteiger partial charge is 0.450 e. The standard InChI is InChI=1S/C24H12ClFN2O3S/c25-13-5-3-4-12(10-13)20-19-21(29)15-6-1-2-7-17(15)31-22(19)23(30)28(20)24-27-16-9-8-14(26)11-18(16)32-24/h1-11,20H/t20-/m1/s1. The summed E-state index contributed by atoms with van der Waals surface area (Å²) in [6, 6.07) is 17.3. The number of para-hydroxylation sites is 1. The van der Waals surface area contributed by atoms with Crippen LogP contribution in [0.2, 0.25) is 5.02 Å². The molecule has 5 nitrogen and oxygen atoms in total. The number of thiazole rings is 1. The SMILES string of the molecule is O=C1c2oc3ccccc3c(=O)c2[C@@H](c2cccc(Cl)c2)N1c1nc2ccc(F)cc2s1. The van der Waals surface area contributed by atoms with Crippen LogP contribution < -0.4 is 10.3 Å². The Morgan fingerprint density at radius 3 is 2.72 bits per heavy atom. The molecule has 5 aromatic rings. The number of carbonyl (C=O) groups is 1. The molecule has 1 aliphatic rings. The molecule has 6 rings (SSSR count). The summed E-state index contributed by atoms with van der Waals surface area (Å²) >= 11 is 7.41. The minimum Gasteiger partial charge on any atom is -0.450 e. The van der Waals surface area contributed by atoms with E-state index < -0.39 is 17.8 Å². The molecular formula is C24H12ClFN2O3S. The highest BCUT2D eigenvalue weighted by molar-refractivity contribution is 7.22. The fourth-order valence-electron chi connectivity index (χ4n) is 4.10. The van der Waals surface area contributed by atoms with Gasteiger partial charge in [0.15, 0.2) is 10.6 Å². The number of halogens is 2. The fourth-order valence-corrected chi connectivity index (χ4v) is 5.31. The molecule has 1 aliphatic heterocycles. The summed E-state index contributed by atoms with van der Waals surface area (Å²) in [5.41, 5.74) is 1.50. The van der Waals surface area contributed by atoms with Crippen molar-refractivity contribution < 1.29 is 13.6 Å². The second kappa shape index (κ2) is 6.98. The maximum atomic E-state index is 13.7. The van der Waals surface area contributed by atoms with Gasteiger partial charge >= 0.3 is 0 Å². The molecule has 0 spiro atoms. The zero-order chi connectivity index (χ0) is 22.0. The number of hydrogen-bond acceptors (Lipinski definition) is 5. The van der Waals surface area contributed by atoms with Gasteiger partial charge in [0.1, 0.15) is 11.4 Å². The number of benzene rings is 3.